The fourth-order valence-electron chi connectivity index (χ4n) is 2.09. The van der Waals surface area contributed by atoms with Crippen LogP contribution in [0.25, 0.3) is 0 Å². The first kappa shape index (κ1) is 9.72. The minimum atomic E-state index is -0.218. The topological polar surface area (TPSA) is 44.1 Å². The Morgan fingerprint density at radius 1 is 1.40 bits per heavy atom. The number of hydrogen-bond donors (Lipinski definition) is 0. The van der Waals surface area contributed by atoms with Crippen molar-refractivity contribution in [1.29, 1.82) is 5.26 Å². The third-order valence-corrected chi connectivity index (χ3v) is 2.89. The van der Waals surface area contributed by atoms with Crippen molar-refractivity contribution >= 4 is 5.91 Å². The highest BCUT2D eigenvalue weighted by Gasteiger charge is 2.38. The zero-order chi connectivity index (χ0) is 10.8. The van der Waals surface area contributed by atoms with Crippen molar-refractivity contribution in [3.05, 3.63) is 35.9 Å². The van der Waals surface area contributed by atoms with Crippen molar-refractivity contribution in [2.75, 3.05) is 7.05 Å². The minimum Gasteiger partial charge on any atom is -0.337 e. The minimum absolute atomic E-state index is 0.0513. The number of carbonyl (C=O) groups excluding carboxylic acids is 1. The third kappa shape index (κ3) is 1.59. The van der Waals surface area contributed by atoms with E-state index in [1.165, 1.54) is 0 Å². The fourth-order valence-corrected chi connectivity index (χ4v) is 2.09. The van der Waals surface area contributed by atoms with E-state index in [-0.39, 0.29) is 17.9 Å². The van der Waals surface area contributed by atoms with Crippen LogP contribution < -0.4 is 0 Å². The van der Waals surface area contributed by atoms with E-state index in [4.69, 9.17) is 5.26 Å². The number of nitriles is 1. The van der Waals surface area contributed by atoms with Gasteiger partial charge in [0.15, 0.2) is 0 Å². The van der Waals surface area contributed by atoms with Gasteiger partial charge >= 0.3 is 0 Å². The summed E-state index contributed by atoms with van der Waals surface area (Å²) in [5.74, 6) is -0.166. The van der Waals surface area contributed by atoms with Gasteiger partial charge in [-0.2, -0.15) is 5.26 Å². The largest absolute Gasteiger partial charge is 0.337 e. The molecule has 1 aliphatic rings. The van der Waals surface area contributed by atoms with E-state index in [1.54, 1.807) is 11.9 Å². The molecule has 3 nitrogen and oxygen atoms in total. The molecule has 1 aromatic rings. The van der Waals surface area contributed by atoms with Crippen molar-refractivity contribution in [1.82, 2.24) is 4.90 Å². The molecule has 0 aromatic heterocycles. The Morgan fingerprint density at radius 2 is 2.07 bits per heavy atom. The summed E-state index contributed by atoms with van der Waals surface area (Å²) in [6.07, 6.45) is 0.340. The summed E-state index contributed by atoms with van der Waals surface area (Å²) in [4.78, 5) is 13.2. The summed E-state index contributed by atoms with van der Waals surface area (Å²) in [5, 5.41) is 9.00. The Kier molecular flexibility index (Phi) is 2.42. The molecule has 0 N–H and O–H groups in total. The Morgan fingerprint density at radius 3 is 2.67 bits per heavy atom. The summed E-state index contributed by atoms with van der Waals surface area (Å²) in [7, 11) is 1.76. The molecular formula is C12H12N2O. The van der Waals surface area contributed by atoms with Gasteiger partial charge in [-0.1, -0.05) is 30.3 Å². The monoisotopic (exact) mass is 200 g/mol. The normalized spacial score (nSPS) is 25.3. The predicted octanol–water partition coefficient (Wildman–Crippen LogP) is 1.73. The van der Waals surface area contributed by atoms with Crippen molar-refractivity contribution in [3.63, 3.8) is 0 Å². The van der Waals surface area contributed by atoms with Crippen LogP contribution in [0.4, 0.5) is 0 Å². The molecule has 1 aliphatic heterocycles. The van der Waals surface area contributed by atoms with Gasteiger partial charge in [0.05, 0.1) is 18.0 Å². The zero-order valence-corrected chi connectivity index (χ0v) is 8.55. The molecule has 0 spiro atoms. The lowest BCUT2D eigenvalue weighted by atomic mass is 9.95. The van der Waals surface area contributed by atoms with E-state index >= 15 is 0 Å². The Balaban J connectivity index is 2.36. The molecular weight excluding hydrogens is 188 g/mol. The standard InChI is InChI=1S/C12H12N2O/c1-14-11(15)7-10(8-13)12(14)9-5-3-2-4-6-9/h2-6,10,12H,7H2,1H3/t10-,12-/m1/s1. The third-order valence-electron chi connectivity index (χ3n) is 2.89. The summed E-state index contributed by atoms with van der Waals surface area (Å²) < 4.78 is 0. The first-order valence-corrected chi connectivity index (χ1v) is 4.94. The lowest BCUT2D eigenvalue weighted by Crippen LogP contribution is -2.23. The van der Waals surface area contributed by atoms with Gasteiger partial charge in [0.1, 0.15) is 0 Å². The van der Waals surface area contributed by atoms with Crippen LogP contribution in [0.2, 0.25) is 0 Å². The van der Waals surface area contributed by atoms with Gasteiger partial charge < -0.3 is 4.90 Å². The van der Waals surface area contributed by atoms with E-state index in [0.29, 0.717) is 6.42 Å². The molecule has 1 aromatic carbocycles. The molecule has 0 saturated carbocycles. The second-order valence-corrected chi connectivity index (χ2v) is 3.80. The molecule has 1 heterocycles. The molecule has 1 amide bonds. The van der Waals surface area contributed by atoms with Gasteiger partial charge in [0.25, 0.3) is 0 Å². The summed E-state index contributed by atoms with van der Waals surface area (Å²) in [6, 6.07) is 11.8. The van der Waals surface area contributed by atoms with Gasteiger partial charge in [-0.05, 0) is 5.56 Å². The number of hydrogen-bond acceptors (Lipinski definition) is 2. The average Bonchev–Trinajstić information content (AvgIpc) is 2.56. The van der Waals surface area contributed by atoms with Gasteiger partial charge in [0, 0.05) is 13.5 Å². The van der Waals surface area contributed by atoms with E-state index < -0.39 is 0 Å². The second kappa shape index (κ2) is 3.74. The number of benzene rings is 1. The van der Waals surface area contributed by atoms with Crippen LogP contribution in [0.3, 0.4) is 0 Å². The van der Waals surface area contributed by atoms with Crippen LogP contribution in [0.1, 0.15) is 18.0 Å². The van der Waals surface area contributed by atoms with Crippen LogP contribution in [0.5, 0.6) is 0 Å². The molecule has 0 unspecified atom stereocenters. The van der Waals surface area contributed by atoms with Crippen LogP contribution >= 0.6 is 0 Å². The highest BCUT2D eigenvalue weighted by molar-refractivity contribution is 5.79. The Bertz CT molecular complexity index is 407. The first-order valence-electron chi connectivity index (χ1n) is 4.94. The molecule has 2 rings (SSSR count). The second-order valence-electron chi connectivity index (χ2n) is 3.80. The Labute approximate surface area is 88.9 Å². The SMILES string of the molecule is CN1C(=O)C[C@H](C#N)[C@H]1c1ccccc1. The van der Waals surface area contributed by atoms with E-state index in [0.717, 1.165) is 5.56 Å². The number of nitrogens with zero attached hydrogens (tertiary/aromatic N) is 2. The van der Waals surface area contributed by atoms with Crippen LogP contribution in [-0.2, 0) is 4.79 Å². The van der Waals surface area contributed by atoms with Crippen molar-refractivity contribution in [2.24, 2.45) is 5.92 Å². The predicted molar refractivity (Wildman–Crippen MR) is 55.7 cm³/mol. The quantitative estimate of drug-likeness (QED) is 0.693. The highest BCUT2D eigenvalue weighted by Crippen LogP contribution is 2.36. The fraction of sp³-hybridized carbons (Fsp3) is 0.333. The average molecular weight is 200 g/mol. The van der Waals surface area contributed by atoms with E-state index in [1.807, 2.05) is 30.3 Å². The molecule has 15 heavy (non-hydrogen) atoms. The maximum atomic E-state index is 11.5. The van der Waals surface area contributed by atoms with Crippen LogP contribution in [-0.4, -0.2) is 17.9 Å². The lowest BCUT2D eigenvalue weighted by Gasteiger charge is -2.21. The molecule has 1 fully saturated rings. The van der Waals surface area contributed by atoms with Crippen LogP contribution in [0.15, 0.2) is 30.3 Å². The highest BCUT2D eigenvalue weighted by atomic mass is 16.2. The number of rotatable bonds is 1. The molecule has 2 atom stereocenters. The van der Waals surface area contributed by atoms with Crippen LogP contribution in [0, 0.1) is 17.2 Å². The summed E-state index contributed by atoms with van der Waals surface area (Å²) >= 11 is 0. The van der Waals surface area contributed by atoms with E-state index in [2.05, 4.69) is 6.07 Å². The van der Waals surface area contributed by atoms with Crippen molar-refractivity contribution in [3.8, 4) is 6.07 Å². The molecule has 76 valence electrons. The maximum absolute atomic E-state index is 11.5. The van der Waals surface area contributed by atoms with Gasteiger partial charge in [-0.25, -0.2) is 0 Å². The van der Waals surface area contributed by atoms with Gasteiger partial charge in [-0.3, -0.25) is 4.79 Å². The molecule has 0 aliphatic carbocycles. The lowest BCUT2D eigenvalue weighted by molar-refractivity contribution is -0.127. The zero-order valence-electron chi connectivity index (χ0n) is 8.55. The smallest absolute Gasteiger partial charge is 0.224 e. The number of amides is 1. The molecule has 0 bridgehead atoms. The van der Waals surface area contributed by atoms with E-state index in [9.17, 15) is 4.79 Å². The molecule has 1 saturated heterocycles. The van der Waals surface area contributed by atoms with Gasteiger partial charge in [0.2, 0.25) is 5.91 Å². The summed E-state index contributed by atoms with van der Waals surface area (Å²) in [6.45, 7) is 0. The first-order chi connectivity index (χ1) is 7.24. The number of carbonyl (C=O) groups is 1. The van der Waals surface area contributed by atoms with Crippen molar-refractivity contribution < 1.29 is 4.79 Å². The number of likely N-dealkylation sites (tertiary alicyclic amines) is 1. The summed E-state index contributed by atoms with van der Waals surface area (Å²) in [5.41, 5.74) is 1.04. The maximum Gasteiger partial charge on any atom is 0.224 e. The Hall–Kier alpha value is -1.82. The molecule has 3 heteroatoms. The van der Waals surface area contributed by atoms with Gasteiger partial charge in [-0.15, -0.1) is 0 Å². The van der Waals surface area contributed by atoms with Crippen molar-refractivity contribution in [2.45, 2.75) is 12.5 Å². The molecule has 0 radical (unpaired) electrons.